The number of hydrogen-bond acceptors (Lipinski definition) is 5. The van der Waals surface area contributed by atoms with Crippen molar-refractivity contribution in [2.24, 2.45) is 7.05 Å². The lowest BCUT2D eigenvalue weighted by Gasteiger charge is -2.31. The maximum absolute atomic E-state index is 12.8. The van der Waals surface area contributed by atoms with Crippen molar-refractivity contribution < 1.29 is 23.4 Å². The second kappa shape index (κ2) is 8.46. The van der Waals surface area contributed by atoms with Crippen LogP contribution >= 0.6 is 0 Å². The monoisotopic (exact) mass is 432 g/mol. The van der Waals surface area contributed by atoms with Crippen molar-refractivity contribution in [2.75, 3.05) is 13.1 Å². The van der Waals surface area contributed by atoms with Gasteiger partial charge in [-0.3, -0.25) is 9.69 Å². The number of aryl methyl sites for hydroxylation is 1. The lowest BCUT2D eigenvalue weighted by Crippen LogP contribution is -2.33. The predicted octanol–water partition coefficient (Wildman–Crippen LogP) is 2.94. The summed E-state index contributed by atoms with van der Waals surface area (Å²) in [7, 11) is 1.73. The van der Waals surface area contributed by atoms with Gasteiger partial charge in [-0.25, -0.2) is 9.78 Å². The average molecular weight is 432 g/mol. The van der Waals surface area contributed by atoms with Gasteiger partial charge in [0, 0.05) is 24.7 Å². The SMILES string of the molecule is Cn1c(CN2CCC(c3cccc(=O)[nH]3)CC2)nc2c(OC(F)F)cc(C(=O)O)cc21. The van der Waals surface area contributed by atoms with E-state index in [0.717, 1.165) is 37.7 Å². The number of benzene rings is 1. The molecule has 0 aliphatic carbocycles. The number of ether oxygens (including phenoxy) is 1. The van der Waals surface area contributed by atoms with Gasteiger partial charge in [0.15, 0.2) is 5.75 Å². The van der Waals surface area contributed by atoms with Crippen LogP contribution in [0.1, 0.15) is 40.6 Å². The largest absolute Gasteiger partial charge is 0.478 e. The number of imidazole rings is 1. The number of nitrogens with one attached hydrogen (secondary N) is 1. The summed E-state index contributed by atoms with van der Waals surface area (Å²) < 4.78 is 31.9. The minimum absolute atomic E-state index is 0.109. The van der Waals surface area contributed by atoms with Gasteiger partial charge < -0.3 is 19.4 Å². The number of carboxylic acids is 1. The molecule has 0 saturated carbocycles. The molecule has 164 valence electrons. The highest BCUT2D eigenvalue weighted by Gasteiger charge is 2.24. The Kier molecular flexibility index (Phi) is 5.73. The number of aromatic amines is 1. The van der Waals surface area contributed by atoms with Gasteiger partial charge in [0.1, 0.15) is 11.3 Å². The van der Waals surface area contributed by atoms with E-state index in [9.17, 15) is 23.5 Å². The summed E-state index contributed by atoms with van der Waals surface area (Å²) in [5, 5.41) is 9.29. The maximum Gasteiger partial charge on any atom is 0.387 e. The number of alkyl halides is 2. The zero-order chi connectivity index (χ0) is 22.1. The van der Waals surface area contributed by atoms with E-state index in [1.807, 2.05) is 6.07 Å². The van der Waals surface area contributed by atoms with Gasteiger partial charge in [0.25, 0.3) is 0 Å². The molecule has 1 aliphatic rings. The lowest BCUT2D eigenvalue weighted by molar-refractivity contribution is -0.0489. The molecule has 0 spiro atoms. The number of fused-ring (bicyclic) bond motifs is 1. The number of carbonyl (C=O) groups is 1. The summed E-state index contributed by atoms with van der Waals surface area (Å²) in [4.78, 5) is 32.5. The summed E-state index contributed by atoms with van der Waals surface area (Å²) in [6, 6.07) is 7.65. The van der Waals surface area contributed by atoms with Gasteiger partial charge in [-0.15, -0.1) is 0 Å². The number of pyridine rings is 1. The number of rotatable bonds is 6. The van der Waals surface area contributed by atoms with Crippen LogP contribution in [0.5, 0.6) is 5.75 Å². The Hall–Kier alpha value is -3.27. The highest BCUT2D eigenvalue weighted by Crippen LogP contribution is 2.31. The van der Waals surface area contributed by atoms with Crippen LogP contribution in [0.3, 0.4) is 0 Å². The van der Waals surface area contributed by atoms with Gasteiger partial charge in [-0.2, -0.15) is 8.78 Å². The molecule has 31 heavy (non-hydrogen) atoms. The highest BCUT2D eigenvalue weighted by molar-refractivity contribution is 5.95. The van der Waals surface area contributed by atoms with Crippen LogP contribution in [0.2, 0.25) is 0 Å². The molecule has 0 amide bonds. The van der Waals surface area contributed by atoms with Crippen LogP contribution < -0.4 is 10.3 Å². The molecule has 8 nitrogen and oxygen atoms in total. The third-order valence-corrected chi connectivity index (χ3v) is 5.69. The first-order chi connectivity index (χ1) is 14.8. The molecule has 1 saturated heterocycles. The van der Waals surface area contributed by atoms with Gasteiger partial charge in [0.05, 0.1) is 17.6 Å². The molecule has 2 aromatic heterocycles. The summed E-state index contributed by atoms with van der Waals surface area (Å²) in [5.41, 5.74) is 1.31. The van der Waals surface area contributed by atoms with Crippen LogP contribution in [-0.4, -0.2) is 50.2 Å². The zero-order valence-corrected chi connectivity index (χ0v) is 16.8. The van der Waals surface area contributed by atoms with Crippen LogP contribution in [0.4, 0.5) is 8.78 Å². The number of halogens is 2. The summed E-state index contributed by atoms with van der Waals surface area (Å²) in [6.07, 6.45) is 1.74. The second-order valence-corrected chi connectivity index (χ2v) is 7.63. The van der Waals surface area contributed by atoms with E-state index < -0.39 is 12.6 Å². The third-order valence-electron chi connectivity index (χ3n) is 5.69. The van der Waals surface area contributed by atoms with E-state index in [1.54, 1.807) is 17.7 Å². The fraction of sp³-hybridized carbons (Fsp3) is 0.381. The van der Waals surface area contributed by atoms with Crippen molar-refractivity contribution in [3.05, 3.63) is 57.8 Å². The smallest absolute Gasteiger partial charge is 0.387 e. The summed E-state index contributed by atoms with van der Waals surface area (Å²) in [5.74, 6) is -0.582. The van der Waals surface area contributed by atoms with Gasteiger partial charge in [0.2, 0.25) is 5.56 Å². The number of piperidine rings is 1. The molecule has 3 heterocycles. The molecule has 0 radical (unpaired) electrons. The van der Waals surface area contributed by atoms with E-state index in [2.05, 4.69) is 19.6 Å². The Morgan fingerprint density at radius 3 is 2.71 bits per heavy atom. The Morgan fingerprint density at radius 2 is 2.06 bits per heavy atom. The van der Waals surface area contributed by atoms with E-state index >= 15 is 0 Å². The first-order valence-electron chi connectivity index (χ1n) is 9.91. The number of likely N-dealkylation sites (tertiary alicyclic amines) is 1. The second-order valence-electron chi connectivity index (χ2n) is 7.63. The molecule has 4 rings (SSSR count). The number of aromatic carboxylic acids is 1. The Balaban J connectivity index is 1.54. The molecule has 3 aromatic rings. The Morgan fingerprint density at radius 1 is 1.32 bits per heavy atom. The highest BCUT2D eigenvalue weighted by atomic mass is 19.3. The van der Waals surface area contributed by atoms with E-state index in [4.69, 9.17) is 0 Å². The number of hydrogen-bond donors (Lipinski definition) is 2. The lowest BCUT2D eigenvalue weighted by atomic mass is 9.93. The topological polar surface area (TPSA) is 100 Å². The summed E-state index contributed by atoms with van der Waals surface area (Å²) >= 11 is 0. The van der Waals surface area contributed by atoms with Crippen molar-refractivity contribution >= 4 is 17.0 Å². The fourth-order valence-corrected chi connectivity index (χ4v) is 4.06. The van der Waals surface area contributed by atoms with Crippen molar-refractivity contribution in [1.29, 1.82) is 0 Å². The summed E-state index contributed by atoms with van der Waals surface area (Å²) in [6.45, 7) is -1.03. The molecule has 1 aliphatic heterocycles. The molecule has 0 unspecified atom stereocenters. The van der Waals surface area contributed by atoms with E-state index in [1.165, 1.54) is 12.1 Å². The molecular formula is C21H22F2N4O4. The predicted molar refractivity (Wildman–Crippen MR) is 109 cm³/mol. The standard InChI is InChI=1S/C21H22F2N4O4/c1-26-15-9-13(20(29)30)10-16(31-21(22)23)19(15)25-17(26)11-27-7-5-12(6-8-27)14-3-2-4-18(28)24-14/h2-4,9-10,12,21H,5-8,11H2,1H3,(H,24,28)(H,29,30). The van der Waals surface area contributed by atoms with Crippen molar-refractivity contribution in [2.45, 2.75) is 31.9 Å². The van der Waals surface area contributed by atoms with Crippen molar-refractivity contribution in [3.63, 3.8) is 0 Å². The van der Waals surface area contributed by atoms with E-state index in [-0.39, 0.29) is 28.3 Å². The van der Waals surface area contributed by atoms with E-state index in [0.29, 0.717) is 17.9 Å². The molecule has 0 bridgehead atoms. The Bertz CT molecular complexity index is 1170. The molecule has 2 N–H and O–H groups in total. The van der Waals surface area contributed by atoms with Crippen LogP contribution in [0, 0.1) is 0 Å². The first kappa shape index (κ1) is 21.0. The maximum atomic E-state index is 12.8. The Labute approximate surface area is 176 Å². The van der Waals surface area contributed by atoms with Crippen LogP contribution in [-0.2, 0) is 13.6 Å². The first-order valence-corrected chi connectivity index (χ1v) is 9.91. The zero-order valence-electron chi connectivity index (χ0n) is 16.8. The third kappa shape index (κ3) is 4.43. The van der Waals surface area contributed by atoms with Crippen LogP contribution in [0.25, 0.3) is 11.0 Å². The molecule has 1 aromatic carbocycles. The number of H-pyrrole nitrogens is 1. The molecule has 10 heteroatoms. The normalized spacial score (nSPS) is 15.6. The van der Waals surface area contributed by atoms with Gasteiger partial charge in [-0.1, -0.05) is 6.07 Å². The van der Waals surface area contributed by atoms with Crippen molar-refractivity contribution in [3.8, 4) is 5.75 Å². The van der Waals surface area contributed by atoms with Crippen molar-refractivity contribution in [1.82, 2.24) is 19.4 Å². The van der Waals surface area contributed by atoms with Gasteiger partial charge in [-0.05, 0) is 44.1 Å². The number of nitrogens with zero attached hydrogens (tertiary/aromatic N) is 3. The molecular weight excluding hydrogens is 410 g/mol. The number of aromatic nitrogens is 3. The number of carboxylic acid groups (broad SMARTS) is 1. The minimum atomic E-state index is -3.08. The molecule has 0 atom stereocenters. The average Bonchev–Trinajstić information content (AvgIpc) is 3.04. The minimum Gasteiger partial charge on any atom is -0.478 e. The van der Waals surface area contributed by atoms with Crippen LogP contribution in [0.15, 0.2) is 35.1 Å². The van der Waals surface area contributed by atoms with Gasteiger partial charge >= 0.3 is 12.6 Å². The fourth-order valence-electron chi connectivity index (χ4n) is 4.06. The quantitative estimate of drug-likeness (QED) is 0.621. The molecule has 1 fully saturated rings.